The Balaban J connectivity index is 2.04. The maximum atomic E-state index is 13.7. The van der Waals surface area contributed by atoms with Crippen LogP contribution in [0.15, 0.2) is 42.5 Å². The fourth-order valence-electron chi connectivity index (χ4n) is 1.71. The van der Waals surface area contributed by atoms with Gasteiger partial charge in [0.15, 0.2) is 0 Å². The zero-order chi connectivity index (χ0) is 13.8. The predicted molar refractivity (Wildman–Crippen MR) is 69.7 cm³/mol. The van der Waals surface area contributed by atoms with E-state index in [1.807, 2.05) is 0 Å². The molecule has 0 aliphatic heterocycles. The summed E-state index contributed by atoms with van der Waals surface area (Å²) in [5.74, 6) is -0.256. The molecule has 0 saturated carbocycles. The van der Waals surface area contributed by atoms with Gasteiger partial charge in [0, 0.05) is 17.7 Å². The molecule has 2 aromatic rings. The number of hydrogen-bond acceptors (Lipinski definition) is 2. The lowest BCUT2D eigenvalue weighted by molar-refractivity contribution is 0.304. The van der Waals surface area contributed by atoms with Gasteiger partial charge < -0.3 is 10.5 Å². The van der Waals surface area contributed by atoms with Gasteiger partial charge in [-0.3, -0.25) is 0 Å². The van der Waals surface area contributed by atoms with Crippen LogP contribution in [0.25, 0.3) is 0 Å². The van der Waals surface area contributed by atoms with Gasteiger partial charge in [0.1, 0.15) is 24.0 Å². The predicted octanol–water partition coefficient (Wildman–Crippen LogP) is 3.56. The number of rotatable bonds is 4. The third-order valence-electron chi connectivity index (χ3n) is 2.78. The molecule has 0 heterocycles. The van der Waals surface area contributed by atoms with Crippen LogP contribution >= 0.6 is 0 Å². The van der Waals surface area contributed by atoms with E-state index in [1.54, 1.807) is 31.2 Å². The van der Waals surface area contributed by atoms with Gasteiger partial charge in [-0.1, -0.05) is 18.2 Å². The second-order valence-corrected chi connectivity index (χ2v) is 4.39. The summed E-state index contributed by atoms with van der Waals surface area (Å²) >= 11 is 0. The van der Waals surface area contributed by atoms with Gasteiger partial charge in [-0.05, 0) is 30.7 Å². The molecule has 0 aliphatic carbocycles. The molecule has 4 heteroatoms. The molecule has 0 unspecified atom stereocenters. The van der Waals surface area contributed by atoms with Crippen LogP contribution in [0.5, 0.6) is 5.75 Å². The SMILES string of the molecule is C[C@H](N)c1ccc(OCc2ccc(F)cc2)cc1F. The van der Waals surface area contributed by atoms with E-state index >= 15 is 0 Å². The number of benzene rings is 2. The molecule has 0 radical (unpaired) electrons. The number of halogens is 2. The zero-order valence-electron chi connectivity index (χ0n) is 10.6. The van der Waals surface area contributed by atoms with Gasteiger partial charge in [-0.2, -0.15) is 0 Å². The minimum absolute atomic E-state index is 0.261. The molecule has 0 aliphatic rings. The van der Waals surface area contributed by atoms with Gasteiger partial charge in [-0.15, -0.1) is 0 Å². The maximum absolute atomic E-state index is 13.7. The van der Waals surface area contributed by atoms with Crippen LogP contribution in [-0.4, -0.2) is 0 Å². The lowest BCUT2D eigenvalue weighted by Gasteiger charge is -2.10. The second kappa shape index (κ2) is 5.80. The van der Waals surface area contributed by atoms with E-state index < -0.39 is 0 Å². The van der Waals surface area contributed by atoms with Crippen molar-refractivity contribution in [3.05, 3.63) is 65.2 Å². The summed E-state index contributed by atoms with van der Waals surface area (Å²) in [6, 6.07) is 10.2. The standard InChI is InChI=1S/C15H15F2NO/c1-10(18)14-7-6-13(8-15(14)17)19-9-11-2-4-12(16)5-3-11/h2-8,10H,9,18H2,1H3/t10-/m0/s1. The third kappa shape index (κ3) is 3.51. The second-order valence-electron chi connectivity index (χ2n) is 4.39. The monoisotopic (exact) mass is 263 g/mol. The van der Waals surface area contributed by atoms with Crippen molar-refractivity contribution in [1.82, 2.24) is 0 Å². The zero-order valence-corrected chi connectivity index (χ0v) is 10.6. The third-order valence-corrected chi connectivity index (χ3v) is 2.78. The van der Waals surface area contributed by atoms with Crippen molar-refractivity contribution >= 4 is 0 Å². The van der Waals surface area contributed by atoms with E-state index in [0.29, 0.717) is 11.3 Å². The summed E-state index contributed by atoms with van der Waals surface area (Å²) in [6.07, 6.45) is 0. The fourth-order valence-corrected chi connectivity index (χ4v) is 1.71. The Labute approximate surface area is 110 Å². The molecule has 2 rings (SSSR count). The molecule has 0 amide bonds. The number of hydrogen-bond donors (Lipinski definition) is 1. The van der Waals surface area contributed by atoms with E-state index in [0.717, 1.165) is 5.56 Å². The van der Waals surface area contributed by atoms with Crippen molar-refractivity contribution in [2.24, 2.45) is 5.73 Å². The minimum atomic E-state index is -0.383. The lowest BCUT2D eigenvalue weighted by Crippen LogP contribution is -2.07. The van der Waals surface area contributed by atoms with Crippen LogP contribution in [0.4, 0.5) is 8.78 Å². The fraction of sp³-hybridized carbons (Fsp3) is 0.200. The average molecular weight is 263 g/mol. The first kappa shape index (κ1) is 13.5. The van der Waals surface area contributed by atoms with E-state index in [-0.39, 0.29) is 24.3 Å². The first-order valence-electron chi connectivity index (χ1n) is 5.98. The Morgan fingerprint density at radius 1 is 1.11 bits per heavy atom. The van der Waals surface area contributed by atoms with Crippen molar-refractivity contribution in [1.29, 1.82) is 0 Å². The van der Waals surface area contributed by atoms with Crippen LogP contribution < -0.4 is 10.5 Å². The van der Waals surface area contributed by atoms with Crippen molar-refractivity contribution in [3.63, 3.8) is 0 Å². The molecule has 2 N–H and O–H groups in total. The molecule has 1 atom stereocenters. The Hall–Kier alpha value is -1.94. The molecule has 2 nitrogen and oxygen atoms in total. The molecule has 19 heavy (non-hydrogen) atoms. The van der Waals surface area contributed by atoms with Gasteiger partial charge in [0.05, 0.1) is 0 Å². The van der Waals surface area contributed by atoms with Crippen LogP contribution in [-0.2, 0) is 6.61 Å². The van der Waals surface area contributed by atoms with Gasteiger partial charge in [0.2, 0.25) is 0 Å². The van der Waals surface area contributed by atoms with Crippen molar-refractivity contribution < 1.29 is 13.5 Å². The highest BCUT2D eigenvalue weighted by Gasteiger charge is 2.08. The van der Waals surface area contributed by atoms with Crippen molar-refractivity contribution in [3.8, 4) is 5.75 Å². The van der Waals surface area contributed by atoms with Gasteiger partial charge in [0.25, 0.3) is 0 Å². The molecule has 0 saturated heterocycles. The van der Waals surface area contributed by atoms with Crippen molar-refractivity contribution in [2.45, 2.75) is 19.6 Å². The first-order valence-corrected chi connectivity index (χ1v) is 5.98. The maximum Gasteiger partial charge on any atom is 0.131 e. The molecule has 0 spiro atoms. The average Bonchev–Trinajstić information content (AvgIpc) is 2.37. The van der Waals surface area contributed by atoms with Gasteiger partial charge >= 0.3 is 0 Å². The molecule has 0 bridgehead atoms. The smallest absolute Gasteiger partial charge is 0.131 e. The number of nitrogens with two attached hydrogens (primary N) is 1. The molecule has 0 fully saturated rings. The molecular formula is C15H15F2NO. The summed E-state index contributed by atoms with van der Waals surface area (Å²) < 4.78 is 31.8. The lowest BCUT2D eigenvalue weighted by atomic mass is 10.1. The van der Waals surface area contributed by atoms with E-state index in [9.17, 15) is 8.78 Å². The molecule has 100 valence electrons. The first-order chi connectivity index (χ1) is 9.06. The Morgan fingerprint density at radius 3 is 2.37 bits per heavy atom. The summed E-state index contributed by atoms with van der Waals surface area (Å²) in [4.78, 5) is 0. The highest BCUT2D eigenvalue weighted by atomic mass is 19.1. The Bertz CT molecular complexity index is 553. The molecule has 0 aromatic heterocycles. The minimum Gasteiger partial charge on any atom is -0.489 e. The Kier molecular flexibility index (Phi) is 4.12. The highest BCUT2D eigenvalue weighted by Crippen LogP contribution is 2.21. The van der Waals surface area contributed by atoms with Crippen LogP contribution in [0, 0.1) is 11.6 Å². The van der Waals surface area contributed by atoms with Crippen LogP contribution in [0.1, 0.15) is 24.1 Å². The summed E-state index contributed by atoms with van der Waals surface area (Å²) in [5, 5.41) is 0. The summed E-state index contributed by atoms with van der Waals surface area (Å²) in [6.45, 7) is 1.98. The Morgan fingerprint density at radius 2 is 1.79 bits per heavy atom. The highest BCUT2D eigenvalue weighted by molar-refractivity contribution is 5.30. The van der Waals surface area contributed by atoms with Crippen molar-refractivity contribution in [2.75, 3.05) is 0 Å². The topological polar surface area (TPSA) is 35.2 Å². The van der Waals surface area contributed by atoms with E-state index in [2.05, 4.69) is 0 Å². The van der Waals surface area contributed by atoms with Crippen LogP contribution in [0.3, 0.4) is 0 Å². The number of ether oxygens (including phenoxy) is 1. The summed E-state index contributed by atoms with van der Waals surface area (Å²) in [5.41, 5.74) is 6.90. The van der Waals surface area contributed by atoms with E-state index in [4.69, 9.17) is 10.5 Å². The van der Waals surface area contributed by atoms with E-state index in [1.165, 1.54) is 18.2 Å². The van der Waals surface area contributed by atoms with Gasteiger partial charge in [-0.25, -0.2) is 8.78 Å². The largest absolute Gasteiger partial charge is 0.489 e. The quantitative estimate of drug-likeness (QED) is 0.915. The normalized spacial score (nSPS) is 12.2. The van der Waals surface area contributed by atoms with Crippen LogP contribution in [0.2, 0.25) is 0 Å². The molecular weight excluding hydrogens is 248 g/mol. The molecule has 2 aromatic carbocycles. The summed E-state index contributed by atoms with van der Waals surface area (Å²) in [7, 11) is 0.